The van der Waals surface area contributed by atoms with E-state index in [0.29, 0.717) is 0 Å². The molecule has 0 aliphatic carbocycles. The first-order valence-electron chi connectivity index (χ1n) is 12.3. The standard InChI is InChI=1S/C23H52O3Si2/c1-7-9-11-13-15-16-17-19-21-23-25-28(5,6)26-27(3,4)24-22-20-18-14-12-10-8-2/h7-23H2,1-6H3. The fourth-order valence-corrected chi connectivity index (χ4v) is 10.1. The Morgan fingerprint density at radius 1 is 0.429 bits per heavy atom. The largest absolute Gasteiger partial charge is 0.415 e. The molecule has 0 bridgehead atoms. The van der Waals surface area contributed by atoms with Crippen LogP contribution in [0.2, 0.25) is 26.2 Å². The van der Waals surface area contributed by atoms with E-state index < -0.39 is 17.1 Å². The van der Waals surface area contributed by atoms with Crippen LogP contribution in [0.25, 0.3) is 0 Å². The van der Waals surface area contributed by atoms with Gasteiger partial charge in [-0.15, -0.1) is 0 Å². The van der Waals surface area contributed by atoms with Crippen molar-refractivity contribution in [3.63, 3.8) is 0 Å². The predicted octanol–water partition coefficient (Wildman–Crippen LogP) is 8.33. The van der Waals surface area contributed by atoms with Crippen LogP contribution in [0.4, 0.5) is 0 Å². The quantitative estimate of drug-likeness (QED) is 0.135. The minimum atomic E-state index is -2.08. The molecule has 0 saturated carbocycles. The Hall–Kier alpha value is 0.314. The lowest BCUT2D eigenvalue weighted by molar-refractivity contribution is 0.190. The fourth-order valence-electron chi connectivity index (χ4n) is 3.58. The highest BCUT2D eigenvalue weighted by Crippen LogP contribution is 2.18. The van der Waals surface area contributed by atoms with Crippen molar-refractivity contribution in [1.29, 1.82) is 0 Å². The summed E-state index contributed by atoms with van der Waals surface area (Å²) in [4.78, 5) is 0. The topological polar surface area (TPSA) is 27.7 Å². The Morgan fingerprint density at radius 3 is 1.04 bits per heavy atom. The average molecular weight is 433 g/mol. The van der Waals surface area contributed by atoms with E-state index in [9.17, 15) is 0 Å². The first-order chi connectivity index (χ1) is 13.3. The number of hydrogen-bond donors (Lipinski definition) is 0. The summed E-state index contributed by atoms with van der Waals surface area (Å²) in [7, 11) is -4.15. The molecule has 0 N–H and O–H groups in total. The SMILES string of the molecule is CCCCCCCCCCCO[Si](C)(C)O[Si](C)(C)OCCCCCCCC. The van der Waals surface area contributed by atoms with Gasteiger partial charge in [0.1, 0.15) is 0 Å². The number of hydrogen-bond acceptors (Lipinski definition) is 3. The molecule has 0 heterocycles. The van der Waals surface area contributed by atoms with Crippen LogP contribution in [-0.4, -0.2) is 30.3 Å². The second-order valence-electron chi connectivity index (χ2n) is 9.19. The molecule has 28 heavy (non-hydrogen) atoms. The first kappa shape index (κ1) is 28.3. The summed E-state index contributed by atoms with van der Waals surface area (Å²) in [5.74, 6) is 0. The van der Waals surface area contributed by atoms with Crippen LogP contribution in [0, 0.1) is 0 Å². The van der Waals surface area contributed by atoms with E-state index in [4.69, 9.17) is 13.0 Å². The average Bonchev–Trinajstić information content (AvgIpc) is 2.61. The molecule has 0 aromatic rings. The smallest absolute Gasteiger partial charge is 0.322 e. The summed E-state index contributed by atoms with van der Waals surface area (Å²) >= 11 is 0. The molecular weight excluding hydrogens is 380 g/mol. The van der Waals surface area contributed by atoms with Gasteiger partial charge < -0.3 is 13.0 Å². The van der Waals surface area contributed by atoms with Crippen LogP contribution in [0.1, 0.15) is 110 Å². The Morgan fingerprint density at radius 2 is 0.714 bits per heavy atom. The summed E-state index contributed by atoms with van der Waals surface area (Å²) < 4.78 is 18.7. The normalized spacial score (nSPS) is 12.6. The van der Waals surface area contributed by atoms with Gasteiger partial charge in [0.25, 0.3) is 0 Å². The van der Waals surface area contributed by atoms with Gasteiger partial charge in [0.15, 0.2) is 0 Å². The summed E-state index contributed by atoms with van der Waals surface area (Å²) in [6.07, 6.45) is 19.9. The molecule has 5 heteroatoms. The number of rotatable bonds is 21. The van der Waals surface area contributed by atoms with Crippen molar-refractivity contribution in [3.8, 4) is 0 Å². The van der Waals surface area contributed by atoms with E-state index in [2.05, 4.69) is 40.0 Å². The zero-order valence-corrected chi connectivity index (χ0v) is 22.2. The molecule has 0 aliphatic rings. The molecule has 0 aromatic carbocycles. The summed E-state index contributed by atoms with van der Waals surface area (Å²) in [5, 5.41) is 0. The van der Waals surface area contributed by atoms with Gasteiger partial charge in [-0.05, 0) is 39.0 Å². The third-order valence-corrected chi connectivity index (χ3v) is 10.9. The van der Waals surface area contributed by atoms with Crippen LogP contribution in [-0.2, 0) is 13.0 Å². The van der Waals surface area contributed by atoms with Crippen LogP contribution in [0.3, 0.4) is 0 Å². The van der Waals surface area contributed by atoms with Gasteiger partial charge in [0.05, 0.1) is 0 Å². The molecule has 0 saturated heterocycles. The van der Waals surface area contributed by atoms with Crippen molar-refractivity contribution >= 4 is 17.1 Å². The monoisotopic (exact) mass is 432 g/mol. The number of unbranched alkanes of at least 4 members (excludes halogenated alkanes) is 13. The van der Waals surface area contributed by atoms with E-state index in [1.807, 2.05) is 0 Å². The van der Waals surface area contributed by atoms with Gasteiger partial charge in [-0.25, -0.2) is 0 Å². The lowest BCUT2D eigenvalue weighted by Gasteiger charge is -2.32. The van der Waals surface area contributed by atoms with Crippen LogP contribution >= 0.6 is 0 Å². The van der Waals surface area contributed by atoms with E-state index in [1.165, 1.54) is 83.5 Å². The van der Waals surface area contributed by atoms with Gasteiger partial charge >= 0.3 is 17.1 Å². The maximum Gasteiger partial charge on any atom is 0.322 e. The van der Waals surface area contributed by atoms with Crippen molar-refractivity contribution < 1.29 is 13.0 Å². The fraction of sp³-hybridized carbons (Fsp3) is 1.00. The summed E-state index contributed by atoms with van der Waals surface area (Å²) in [6, 6.07) is 0. The zero-order valence-electron chi connectivity index (χ0n) is 20.2. The van der Waals surface area contributed by atoms with E-state index in [0.717, 1.165) is 26.1 Å². The van der Waals surface area contributed by atoms with Crippen LogP contribution in [0.5, 0.6) is 0 Å². The molecule has 0 rings (SSSR count). The molecule has 0 unspecified atom stereocenters. The molecule has 0 amide bonds. The van der Waals surface area contributed by atoms with E-state index in [1.54, 1.807) is 0 Å². The third-order valence-electron chi connectivity index (χ3n) is 5.14. The minimum absolute atomic E-state index is 0.841. The second kappa shape index (κ2) is 18.1. The minimum Gasteiger partial charge on any atom is -0.415 e. The van der Waals surface area contributed by atoms with Crippen LogP contribution < -0.4 is 0 Å². The van der Waals surface area contributed by atoms with Crippen molar-refractivity contribution in [1.82, 2.24) is 0 Å². The van der Waals surface area contributed by atoms with Crippen LogP contribution in [0.15, 0.2) is 0 Å². The molecular formula is C23H52O3Si2. The molecule has 0 aromatic heterocycles. The third kappa shape index (κ3) is 19.6. The summed E-state index contributed by atoms with van der Waals surface area (Å²) in [5.41, 5.74) is 0. The van der Waals surface area contributed by atoms with Crippen molar-refractivity contribution in [3.05, 3.63) is 0 Å². The highest BCUT2D eigenvalue weighted by molar-refractivity contribution is 6.78. The van der Waals surface area contributed by atoms with Gasteiger partial charge in [-0.2, -0.15) is 0 Å². The Kier molecular flexibility index (Phi) is 18.3. The Balaban J connectivity index is 3.69. The first-order valence-corrected chi connectivity index (χ1v) is 17.9. The molecule has 0 aliphatic heterocycles. The highest BCUT2D eigenvalue weighted by atomic mass is 28.5. The predicted molar refractivity (Wildman–Crippen MR) is 129 cm³/mol. The lowest BCUT2D eigenvalue weighted by Crippen LogP contribution is -2.48. The van der Waals surface area contributed by atoms with Gasteiger partial charge in [0.2, 0.25) is 0 Å². The Labute approximate surface area is 179 Å². The maximum absolute atomic E-state index is 6.39. The second-order valence-corrected chi connectivity index (χ2v) is 16.2. The van der Waals surface area contributed by atoms with Gasteiger partial charge in [-0.3, -0.25) is 0 Å². The van der Waals surface area contributed by atoms with Crippen molar-refractivity contribution in [2.24, 2.45) is 0 Å². The van der Waals surface area contributed by atoms with Gasteiger partial charge in [-0.1, -0.05) is 97.3 Å². The maximum atomic E-state index is 6.39. The molecule has 0 radical (unpaired) electrons. The molecule has 0 spiro atoms. The lowest BCUT2D eigenvalue weighted by atomic mass is 10.1. The van der Waals surface area contributed by atoms with E-state index in [-0.39, 0.29) is 0 Å². The van der Waals surface area contributed by atoms with Gasteiger partial charge in [0, 0.05) is 13.2 Å². The highest BCUT2D eigenvalue weighted by Gasteiger charge is 2.36. The molecule has 170 valence electrons. The Bertz CT molecular complexity index is 336. The molecule has 0 fully saturated rings. The van der Waals surface area contributed by atoms with E-state index >= 15 is 0 Å². The molecule has 3 nitrogen and oxygen atoms in total. The zero-order chi connectivity index (χ0) is 21.1. The molecule has 0 atom stereocenters. The van der Waals surface area contributed by atoms with Crippen molar-refractivity contribution in [2.75, 3.05) is 13.2 Å². The van der Waals surface area contributed by atoms with Crippen molar-refractivity contribution in [2.45, 2.75) is 136 Å². The summed E-state index contributed by atoms with van der Waals surface area (Å²) in [6.45, 7) is 14.9.